The van der Waals surface area contributed by atoms with Gasteiger partial charge in [-0.05, 0) is 38.5 Å². The van der Waals surface area contributed by atoms with Crippen LogP contribution in [-0.4, -0.2) is 34.5 Å². The van der Waals surface area contributed by atoms with Gasteiger partial charge < -0.3 is 20.9 Å². The molecule has 1 aromatic carbocycles. The van der Waals surface area contributed by atoms with Crippen molar-refractivity contribution in [1.29, 1.82) is 0 Å². The maximum absolute atomic E-state index is 12.9. The lowest BCUT2D eigenvalue weighted by Gasteiger charge is -2.15. The number of nitrogens with zero attached hydrogens (tertiary/aromatic N) is 2. The number of nitrogens with two attached hydrogens (primary N) is 1. The van der Waals surface area contributed by atoms with E-state index in [-0.39, 0.29) is 23.3 Å². The van der Waals surface area contributed by atoms with E-state index < -0.39 is 11.3 Å². The van der Waals surface area contributed by atoms with Gasteiger partial charge in [0.25, 0.3) is 5.91 Å². The van der Waals surface area contributed by atoms with E-state index in [4.69, 9.17) is 5.73 Å². The van der Waals surface area contributed by atoms with Gasteiger partial charge in [0.2, 0.25) is 11.3 Å². The Kier molecular flexibility index (Phi) is 6.39. The number of benzene rings is 1. The highest BCUT2D eigenvalue weighted by Gasteiger charge is 2.20. The van der Waals surface area contributed by atoms with Gasteiger partial charge in [0.15, 0.2) is 0 Å². The minimum Gasteiger partial charge on any atom is -0.384 e. The van der Waals surface area contributed by atoms with Gasteiger partial charge in [0.1, 0.15) is 17.0 Å². The first-order chi connectivity index (χ1) is 14.8. The SMILES string of the molecule is CCn1c(N)c(C(=O)NC)c(=O)c2ccc(-c3ccc(CC(=O)NC(C)C)cc3)nc21. The topological polar surface area (TPSA) is 119 Å². The molecule has 3 aromatic rings. The minimum absolute atomic E-state index is 0.0269. The third-order valence-corrected chi connectivity index (χ3v) is 4.98. The zero-order chi connectivity index (χ0) is 22.7. The number of fused-ring (bicyclic) bond motifs is 1. The van der Waals surface area contributed by atoms with Gasteiger partial charge >= 0.3 is 0 Å². The summed E-state index contributed by atoms with van der Waals surface area (Å²) in [5.74, 6) is -0.454. The predicted molar refractivity (Wildman–Crippen MR) is 122 cm³/mol. The third kappa shape index (κ3) is 4.42. The summed E-state index contributed by atoms with van der Waals surface area (Å²) >= 11 is 0. The van der Waals surface area contributed by atoms with E-state index in [9.17, 15) is 14.4 Å². The Morgan fingerprint density at radius 3 is 2.39 bits per heavy atom. The number of anilines is 1. The van der Waals surface area contributed by atoms with Crippen LogP contribution in [0.25, 0.3) is 22.3 Å². The molecule has 8 nitrogen and oxygen atoms in total. The number of pyridine rings is 2. The van der Waals surface area contributed by atoms with Gasteiger partial charge in [-0.1, -0.05) is 24.3 Å². The van der Waals surface area contributed by atoms with Crippen molar-refractivity contribution in [3.8, 4) is 11.3 Å². The fourth-order valence-electron chi connectivity index (χ4n) is 3.51. The summed E-state index contributed by atoms with van der Waals surface area (Å²) in [5.41, 5.74) is 8.47. The van der Waals surface area contributed by atoms with Gasteiger partial charge in [0, 0.05) is 25.2 Å². The lowest BCUT2D eigenvalue weighted by molar-refractivity contribution is -0.120. The molecule has 0 aliphatic carbocycles. The molecule has 2 amide bonds. The summed E-state index contributed by atoms with van der Waals surface area (Å²) in [7, 11) is 1.46. The first-order valence-electron chi connectivity index (χ1n) is 10.2. The van der Waals surface area contributed by atoms with Gasteiger partial charge in [-0.25, -0.2) is 4.98 Å². The maximum atomic E-state index is 12.9. The zero-order valence-electron chi connectivity index (χ0n) is 18.2. The Morgan fingerprint density at radius 1 is 1.13 bits per heavy atom. The molecular weight excluding hydrogens is 394 g/mol. The minimum atomic E-state index is -0.521. The largest absolute Gasteiger partial charge is 0.384 e. The number of amides is 2. The van der Waals surface area contributed by atoms with E-state index in [0.717, 1.165) is 11.1 Å². The molecule has 2 aromatic heterocycles. The predicted octanol–water partition coefficient (Wildman–Crippen LogP) is 2.09. The van der Waals surface area contributed by atoms with Crippen LogP contribution in [0, 0.1) is 0 Å². The van der Waals surface area contributed by atoms with E-state index in [1.165, 1.54) is 7.05 Å². The summed E-state index contributed by atoms with van der Waals surface area (Å²) in [4.78, 5) is 41.7. The van der Waals surface area contributed by atoms with Crippen molar-refractivity contribution >= 4 is 28.7 Å². The second-order valence-electron chi connectivity index (χ2n) is 7.58. The van der Waals surface area contributed by atoms with Crippen molar-refractivity contribution in [3.63, 3.8) is 0 Å². The van der Waals surface area contributed by atoms with Gasteiger partial charge in [0.05, 0.1) is 17.5 Å². The molecule has 0 fully saturated rings. The molecule has 0 saturated heterocycles. The number of hydrogen-bond donors (Lipinski definition) is 3. The molecule has 0 aliphatic heterocycles. The lowest BCUT2D eigenvalue weighted by Crippen LogP contribution is -2.31. The smallest absolute Gasteiger partial charge is 0.258 e. The molecular formula is C23H27N5O3. The first-order valence-corrected chi connectivity index (χ1v) is 10.2. The van der Waals surface area contributed by atoms with Crippen molar-refractivity contribution in [2.45, 2.75) is 39.8 Å². The van der Waals surface area contributed by atoms with Crippen molar-refractivity contribution in [2.75, 3.05) is 12.8 Å². The van der Waals surface area contributed by atoms with Crippen LogP contribution in [0.15, 0.2) is 41.2 Å². The average molecular weight is 422 g/mol. The normalized spacial score (nSPS) is 11.0. The molecule has 2 heterocycles. The number of nitrogens with one attached hydrogen (secondary N) is 2. The van der Waals surface area contributed by atoms with Crippen molar-refractivity contribution in [3.05, 3.63) is 57.7 Å². The number of carbonyl (C=O) groups is 2. The monoisotopic (exact) mass is 421 g/mol. The van der Waals surface area contributed by atoms with Crippen molar-refractivity contribution in [2.24, 2.45) is 0 Å². The fraction of sp³-hybridized carbons (Fsp3) is 0.304. The van der Waals surface area contributed by atoms with Crippen LogP contribution in [0.3, 0.4) is 0 Å². The fourth-order valence-corrected chi connectivity index (χ4v) is 3.51. The summed E-state index contributed by atoms with van der Waals surface area (Å²) in [6.45, 7) is 6.17. The molecule has 4 N–H and O–H groups in total. The highest BCUT2D eigenvalue weighted by molar-refractivity contribution is 6.01. The summed E-state index contributed by atoms with van der Waals surface area (Å²) in [5, 5.41) is 5.67. The van der Waals surface area contributed by atoms with E-state index in [1.807, 2.05) is 45.0 Å². The summed E-state index contributed by atoms with van der Waals surface area (Å²) < 4.78 is 1.66. The number of rotatable bonds is 6. The zero-order valence-corrected chi connectivity index (χ0v) is 18.2. The Morgan fingerprint density at radius 2 is 1.81 bits per heavy atom. The van der Waals surface area contributed by atoms with Crippen LogP contribution in [0.4, 0.5) is 5.82 Å². The van der Waals surface area contributed by atoms with Gasteiger partial charge in [-0.2, -0.15) is 0 Å². The standard InChI is InChI=1S/C23H27N5O3/c1-5-28-21(24)19(23(31)25-4)20(30)16-10-11-17(27-22(16)28)15-8-6-14(7-9-15)12-18(29)26-13(2)3/h6-11,13H,5,12,24H2,1-4H3,(H,25,31)(H,26,29). The maximum Gasteiger partial charge on any atom is 0.258 e. The highest BCUT2D eigenvalue weighted by atomic mass is 16.2. The second-order valence-corrected chi connectivity index (χ2v) is 7.58. The molecule has 162 valence electrons. The van der Waals surface area contributed by atoms with Gasteiger partial charge in [-0.3, -0.25) is 14.4 Å². The molecule has 0 aliphatic rings. The summed E-state index contributed by atoms with van der Waals surface area (Å²) in [6.07, 6.45) is 0.303. The van der Waals surface area contributed by atoms with E-state index >= 15 is 0 Å². The number of aromatic nitrogens is 2. The van der Waals surface area contributed by atoms with E-state index in [1.54, 1.807) is 16.7 Å². The van der Waals surface area contributed by atoms with Crippen LogP contribution in [-0.2, 0) is 17.8 Å². The molecule has 8 heteroatoms. The van der Waals surface area contributed by atoms with Crippen LogP contribution < -0.4 is 21.8 Å². The second kappa shape index (κ2) is 8.99. The van der Waals surface area contributed by atoms with E-state index in [0.29, 0.717) is 29.7 Å². The Labute approximate surface area is 180 Å². The molecule has 0 radical (unpaired) electrons. The molecule has 0 bridgehead atoms. The average Bonchev–Trinajstić information content (AvgIpc) is 2.73. The van der Waals surface area contributed by atoms with Crippen molar-refractivity contribution < 1.29 is 9.59 Å². The summed E-state index contributed by atoms with van der Waals surface area (Å²) in [6, 6.07) is 11.1. The molecule has 0 unspecified atom stereocenters. The molecule has 3 rings (SSSR count). The molecule has 31 heavy (non-hydrogen) atoms. The first kappa shape index (κ1) is 22.0. The Balaban J connectivity index is 2.02. The molecule has 0 spiro atoms. The van der Waals surface area contributed by atoms with Crippen LogP contribution in [0.5, 0.6) is 0 Å². The number of nitrogen functional groups attached to an aromatic ring is 1. The van der Waals surface area contributed by atoms with E-state index in [2.05, 4.69) is 15.6 Å². The number of carbonyl (C=O) groups excluding carboxylic acids is 2. The lowest BCUT2D eigenvalue weighted by atomic mass is 10.0. The molecule has 0 saturated carbocycles. The van der Waals surface area contributed by atoms with Crippen LogP contribution in [0.1, 0.15) is 36.7 Å². The van der Waals surface area contributed by atoms with Crippen LogP contribution in [0.2, 0.25) is 0 Å². The van der Waals surface area contributed by atoms with Crippen LogP contribution >= 0.6 is 0 Å². The Bertz CT molecular complexity index is 1200. The van der Waals surface area contributed by atoms with Crippen molar-refractivity contribution in [1.82, 2.24) is 20.2 Å². The third-order valence-electron chi connectivity index (χ3n) is 4.98. The number of hydrogen-bond acceptors (Lipinski definition) is 5. The quantitative estimate of drug-likeness (QED) is 0.563. The van der Waals surface area contributed by atoms with Gasteiger partial charge in [-0.15, -0.1) is 0 Å². The molecule has 0 atom stereocenters. The number of aryl methyl sites for hydroxylation is 1. The Hall–Kier alpha value is -3.68. The highest BCUT2D eigenvalue weighted by Crippen LogP contribution is 2.23.